The zero-order chi connectivity index (χ0) is 23.4. The highest BCUT2D eigenvalue weighted by Gasteiger charge is 2.33. The molecule has 1 N–H and O–H groups in total. The highest BCUT2D eigenvalue weighted by Crippen LogP contribution is 2.29. The molecule has 0 unspecified atom stereocenters. The van der Waals surface area contributed by atoms with Gasteiger partial charge in [-0.15, -0.1) is 11.3 Å². The normalized spacial score (nSPS) is 18.0. The Morgan fingerprint density at radius 2 is 1.85 bits per heavy atom. The number of nitriles is 1. The van der Waals surface area contributed by atoms with Gasteiger partial charge in [0.2, 0.25) is 5.91 Å². The van der Waals surface area contributed by atoms with E-state index >= 15 is 0 Å². The van der Waals surface area contributed by atoms with Crippen molar-refractivity contribution in [1.82, 2.24) is 9.21 Å². The fourth-order valence-electron chi connectivity index (χ4n) is 3.91. The van der Waals surface area contributed by atoms with Gasteiger partial charge in [-0.25, -0.2) is 8.42 Å². The monoisotopic (exact) mass is 488 g/mol. The van der Waals surface area contributed by atoms with Crippen molar-refractivity contribution < 1.29 is 22.7 Å². The van der Waals surface area contributed by atoms with E-state index in [1.165, 1.54) is 10.4 Å². The fraction of sp³-hybridized carbons (Fsp3) is 0.409. The van der Waals surface area contributed by atoms with Crippen LogP contribution in [0.5, 0.6) is 0 Å². The maximum Gasteiger partial charge on any atom is 0.254 e. The van der Waals surface area contributed by atoms with Crippen molar-refractivity contribution in [2.24, 2.45) is 5.92 Å². The van der Waals surface area contributed by atoms with Crippen LogP contribution in [0.1, 0.15) is 28.8 Å². The third-order valence-corrected chi connectivity index (χ3v) is 9.11. The van der Waals surface area contributed by atoms with Gasteiger partial charge in [0.1, 0.15) is 4.21 Å². The molecule has 4 rings (SSSR count). The Bertz CT molecular complexity index is 1170. The van der Waals surface area contributed by atoms with Crippen molar-refractivity contribution >= 4 is 38.9 Å². The number of hydrogen-bond donors (Lipinski definition) is 1. The number of rotatable bonds is 5. The molecule has 2 saturated heterocycles. The van der Waals surface area contributed by atoms with Gasteiger partial charge in [-0.05, 0) is 37.1 Å². The first-order chi connectivity index (χ1) is 15.9. The Hall–Kier alpha value is -2.78. The fourth-order valence-corrected chi connectivity index (χ4v) is 6.69. The number of hydrogen-bond acceptors (Lipinski definition) is 7. The molecule has 2 amide bonds. The number of amides is 2. The molecule has 3 heterocycles. The Balaban J connectivity index is 1.36. The van der Waals surface area contributed by atoms with Crippen LogP contribution in [-0.4, -0.2) is 68.8 Å². The van der Waals surface area contributed by atoms with E-state index in [-0.39, 0.29) is 35.0 Å². The summed E-state index contributed by atoms with van der Waals surface area (Å²) in [6.45, 7) is 2.40. The lowest BCUT2D eigenvalue weighted by Crippen LogP contribution is -2.41. The van der Waals surface area contributed by atoms with Gasteiger partial charge < -0.3 is 15.0 Å². The summed E-state index contributed by atoms with van der Waals surface area (Å²) < 4.78 is 33.0. The van der Waals surface area contributed by atoms with Crippen LogP contribution in [0.2, 0.25) is 0 Å². The summed E-state index contributed by atoms with van der Waals surface area (Å²) in [6.07, 6.45) is 0.794. The van der Waals surface area contributed by atoms with Crippen LogP contribution in [0.3, 0.4) is 0 Å². The number of carbonyl (C=O) groups excluding carboxylic acids is 2. The molecular formula is C22H24N4O5S2. The molecule has 33 heavy (non-hydrogen) atoms. The Kier molecular flexibility index (Phi) is 7.09. The molecule has 2 aromatic rings. The van der Waals surface area contributed by atoms with Crippen molar-refractivity contribution in [2.75, 3.05) is 44.7 Å². The van der Waals surface area contributed by atoms with Crippen molar-refractivity contribution in [1.29, 1.82) is 5.26 Å². The van der Waals surface area contributed by atoms with Gasteiger partial charge in [-0.3, -0.25) is 9.59 Å². The largest absolute Gasteiger partial charge is 0.378 e. The van der Waals surface area contributed by atoms with Crippen molar-refractivity contribution in [3.63, 3.8) is 0 Å². The molecule has 2 aliphatic heterocycles. The topological polar surface area (TPSA) is 120 Å². The summed E-state index contributed by atoms with van der Waals surface area (Å²) in [6, 6.07) is 10.1. The summed E-state index contributed by atoms with van der Waals surface area (Å²) in [5.41, 5.74) is 1.37. The standard InChI is InChI=1S/C22H24N4O5S2/c23-14-16-2-1-3-19(12-16)24-21(27)17-4-6-26(7-5-17)33(29,30)20-13-18(15-32-20)22(28)25-8-10-31-11-9-25/h1-3,12-13,15,17H,4-11H2,(H,24,27). The highest BCUT2D eigenvalue weighted by atomic mass is 32.2. The average molecular weight is 489 g/mol. The van der Waals surface area contributed by atoms with Gasteiger partial charge in [-0.2, -0.15) is 9.57 Å². The van der Waals surface area contributed by atoms with Gasteiger partial charge in [-0.1, -0.05) is 6.07 Å². The quantitative estimate of drug-likeness (QED) is 0.689. The van der Waals surface area contributed by atoms with E-state index in [4.69, 9.17) is 10.00 Å². The molecule has 174 valence electrons. The van der Waals surface area contributed by atoms with E-state index in [2.05, 4.69) is 5.32 Å². The van der Waals surface area contributed by atoms with Crippen LogP contribution in [0.4, 0.5) is 5.69 Å². The van der Waals surface area contributed by atoms with Crippen molar-refractivity contribution in [3.05, 3.63) is 46.8 Å². The highest BCUT2D eigenvalue weighted by molar-refractivity contribution is 7.91. The van der Waals surface area contributed by atoms with Gasteiger partial charge >= 0.3 is 0 Å². The lowest BCUT2D eigenvalue weighted by Gasteiger charge is -2.30. The van der Waals surface area contributed by atoms with Crippen LogP contribution >= 0.6 is 11.3 Å². The predicted molar refractivity (Wildman–Crippen MR) is 122 cm³/mol. The smallest absolute Gasteiger partial charge is 0.254 e. The lowest BCUT2D eigenvalue weighted by molar-refractivity contribution is -0.120. The number of nitrogens with zero attached hydrogens (tertiary/aromatic N) is 3. The molecular weight excluding hydrogens is 464 g/mol. The lowest BCUT2D eigenvalue weighted by atomic mass is 9.97. The summed E-state index contributed by atoms with van der Waals surface area (Å²) >= 11 is 1.04. The molecule has 9 nitrogen and oxygen atoms in total. The maximum absolute atomic E-state index is 13.1. The molecule has 0 aliphatic carbocycles. The zero-order valence-electron chi connectivity index (χ0n) is 17.9. The molecule has 1 aromatic carbocycles. The molecule has 0 saturated carbocycles. The SMILES string of the molecule is N#Cc1cccc(NC(=O)C2CCN(S(=O)(=O)c3cc(C(=O)N4CCOCC4)cs3)CC2)c1. The van der Waals surface area contributed by atoms with Crippen LogP contribution in [0.15, 0.2) is 39.9 Å². The van der Waals surface area contributed by atoms with Crippen LogP contribution in [0.25, 0.3) is 0 Å². The number of piperidine rings is 1. The molecule has 1 aromatic heterocycles. The number of ether oxygens (including phenoxy) is 1. The van der Waals surface area contributed by atoms with Crippen molar-refractivity contribution in [3.8, 4) is 6.07 Å². The first-order valence-electron chi connectivity index (χ1n) is 10.7. The Morgan fingerprint density at radius 3 is 2.55 bits per heavy atom. The predicted octanol–water partition coefficient (Wildman–Crippen LogP) is 2.13. The summed E-state index contributed by atoms with van der Waals surface area (Å²) in [4.78, 5) is 26.9. The van der Waals surface area contributed by atoms with Gasteiger partial charge in [0, 0.05) is 43.2 Å². The molecule has 2 aliphatic rings. The maximum atomic E-state index is 13.1. The molecule has 0 bridgehead atoms. The number of anilines is 1. The minimum absolute atomic E-state index is 0.135. The van der Waals surface area contributed by atoms with Crippen LogP contribution < -0.4 is 5.32 Å². The third kappa shape index (κ3) is 5.25. The van der Waals surface area contributed by atoms with E-state index in [1.54, 1.807) is 34.5 Å². The van der Waals surface area contributed by atoms with Crippen LogP contribution in [-0.2, 0) is 19.6 Å². The number of benzene rings is 1. The summed E-state index contributed by atoms with van der Waals surface area (Å²) in [5, 5.41) is 13.4. The zero-order valence-corrected chi connectivity index (χ0v) is 19.5. The molecule has 0 radical (unpaired) electrons. The second-order valence-electron chi connectivity index (χ2n) is 7.92. The van der Waals surface area contributed by atoms with E-state index in [0.29, 0.717) is 56.0 Å². The van der Waals surface area contributed by atoms with Gasteiger partial charge in [0.15, 0.2) is 0 Å². The Morgan fingerprint density at radius 1 is 1.12 bits per heavy atom. The van der Waals surface area contributed by atoms with E-state index in [9.17, 15) is 18.0 Å². The molecule has 0 atom stereocenters. The van der Waals surface area contributed by atoms with Crippen molar-refractivity contribution in [2.45, 2.75) is 17.1 Å². The number of nitrogens with one attached hydrogen (secondary N) is 1. The third-order valence-electron chi connectivity index (χ3n) is 5.80. The second kappa shape index (κ2) is 10.0. The first-order valence-corrected chi connectivity index (χ1v) is 13.0. The summed E-state index contributed by atoms with van der Waals surface area (Å²) in [5.74, 6) is -0.688. The Labute approximate surface area is 196 Å². The van der Waals surface area contributed by atoms with Crippen LogP contribution in [0, 0.1) is 17.2 Å². The summed E-state index contributed by atoms with van der Waals surface area (Å²) in [7, 11) is -3.73. The van der Waals surface area contributed by atoms with Gasteiger partial charge in [0.25, 0.3) is 15.9 Å². The van der Waals surface area contributed by atoms with E-state index < -0.39 is 10.0 Å². The average Bonchev–Trinajstić information content (AvgIpc) is 3.35. The number of sulfonamides is 1. The number of thiophene rings is 1. The minimum Gasteiger partial charge on any atom is -0.378 e. The van der Waals surface area contributed by atoms with E-state index in [0.717, 1.165) is 11.3 Å². The molecule has 11 heteroatoms. The minimum atomic E-state index is -3.73. The number of carbonyl (C=O) groups is 2. The second-order valence-corrected chi connectivity index (χ2v) is 11.0. The van der Waals surface area contributed by atoms with Gasteiger partial charge in [0.05, 0.1) is 30.4 Å². The first kappa shape index (κ1) is 23.4. The molecule has 2 fully saturated rings. The van der Waals surface area contributed by atoms with E-state index in [1.807, 2.05) is 6.07 Å². The molecule has 0 spiro atoms. The number of morpholine rings is 1.